The maximum Gasteiger partial charge on any atom is 0.293 e. The first-order valence-electron chi connectivity index (χ1n) is 50.7. The maximum atomic E-state index is 14.5. The number of unbranched alkanes of at least 4 members (excludes halogenated alkanes) is 1. The van der Waals surface area contributed by atoms with Crippen LogP contribution in [0.25, 0.3) is 44.6 Å². The average Bonchev–Trinajstić information content (AvgIpc) is 1.59. The zero-order chi connectivity index (χ0) is 104. The van der Waals surface area contributed by atoms with Crippen LogP contribution in [-0.4, -0.2) is 265 Å². The summed E-state index contributed by atoms with van der Waals surface area (Å²) in [5.74, 6) is 0.437. The molecule has 0 spiro atoms. The lowest BCUT2D eigenvalue weighted by molar-refractivity contribution is -0.384. The van der Waals surface area contributed by atoms with E-state index in [-0.39, 0.29) is 52.4 Å². The summed E-state index contributed by atoms with van der Waals surface area (Å²) >= 11 is 16.1. The lowest BCUT2D eigenvalue weighted by Crippen LogP contribution is -2.46. The Labute approximate surface area is 883 Å². The predicted octanol–water partition coefficient (Wildman–Crippen LogP) is 19.1. The fourth-order valence-corrected chi connectivity index (χ4v) is 23.7. The van der Waals surface area contributed by atoms with Crippen molar-refractivity contribution in [3.8, 4) is 44.6 Å². The van der Waals surface area contributed by atoms with E-state index in [4.69, 9.17) is 23.2 Å². The van der Waals surface area contributed by atoms with Gasteiger partial charge in [0.05, 0.1) is 39.2 Å². The van der Waals surface area contributed by atoms with Gasteiger partial charge in [-0.05, 0) is 279 Å². The summed E-state index contributed by atoms with van der Waals surface area (Å²) in [7, 11) is -2.32. The molecule has 2 aromatic heterocycles. The summed E-state index contributed by atoms with van der Waals surface area (Å²) in [5.41, 5.74) is 15.7. The number of aromatic nitrogens is 2. The fraction of sp³-hybridized carbons (Fsp3) is 0.372. The van der Waals surface area contributed by atoms with Crippen molar-refractivity contribution in [2.75, 3.05) is 192 Å². The Hall–Kier alpha value is -11.7. The van der Waals surface area contributed by atoms with Crippen LogP contribution in [0.15, 0.2) is 268 Å². The van der Waals surface area contributed by atoms with E-state index in [9.17, 15) is 56.7 Å². The van der Waals surface area contributed by atoms with Gasteiger partial charge in [-0.1, -0.05) is 121 Å². The van der Waals surface area contributed by atoms with Gasteiger partial charge in [0.2, 0.25) is 0 Å². The quantitative estimate of drug-likeness (QED) is 0.00578. The number of nitrogens with one attached hydrogen (secondary N) is 5. The molecule has 4 aliphatic heterocycles. The standard InChI is InChI=1S/C58H71ClN10O8S2.C55H65ClN6O4S2/c1-63(2)27-23-46(41-78-50-11-5-4-6-12-50)61-53-22-21-51(38-54(53)69(74)75)79(76,77)62-57(72)43-15-19-47(20-16-43)66-33-35-67(36-34-66)48-10-7-9-44(37-48)55-52(42-13-17-45(59)18-14-42)39-68(28-24-49(71)40-70)56(55)58(73)60-25-8-26-65-31-29-64(3)30-32-65;1-5-6-28-62-40(3)53(41(4)63)54(55(62)42-15-17-44(56)18-16-42)43-11-10-12-48(37-43)61-34-32-60(33-35-61)47-21-19-45(20-22-47)58-68(65,66)51-23-24-52(39(2)36-51)57-46(38-67-50-13-8-7-9-14-50)25-29-59-30-26-49(64)27-31-59/h4-7,9-22,37-39,46,49,61,70-71H,8,23-36,40-41H2,1-3H3,(H,60,73)(H,62,72);7-24,36-37,46,49,57-58,64H,5-6,25-35,38H2,1-4H3/t46-,49-;46-/m01/s1. The molecule has 16 rings (SSSR count). The van der Waals surface area contributed by atoms with Crippen molar-refractivity contribution in [1.29, 1.82) is 0 Å². The lowest BCUT2D eigenvalue weighted by Gasteiger charge is -2.37. The summed E-state index contributed by atoms with van der Waals surface area (Å²) in [5, 5.41) is 53.9. The van der Waals surface area contributed by atoms with Crippen LogP contribution in [0.5, 0.6) is 0 Å². The number of piperazine rings is 3. The highest BCUT2D eigenvalue weighted by atomic mass is 35.5. The Morgan fingerprint density at radius 2 is 1.06 bits per heavy atom. The number of ketones is 1. The molecule has 2 amide bonds. The topological polar surface area (TPSA) is 319 Å². The van der Waals surface area contributed by atoms with Gasteiger partial charge in [-0.15, -0.1) is 23.5 Å². The maximum absolute atomic E-state index is 14.5. The Morgan fingerprint density at radius 1 is 0.537 bits per heavy atom. The van der Waals surface area contributed by atoms with Gasteiger partial charge in [-0.25, -0.2) is 21.6 Å². The largest absolute Gasteiger partial charge is 0.394 e. The molecule has 0 radical (unpaired) electrons. The lowest BCUT2D eigenvalue weighted by atomic mass is 9.94. The first-order chi connectivity index (χ1) is 70.9. The fourth-order valence-electron chi connectivity index (χ4n) is 19.4. The molecule has 778 valence electrons. The van der Waals surface area contributed by atoms with E-state index < -0.39 is 54.2 Å². The van der Waals surface area contributed by atoms with Crippen molar-refractivity contribution in [1.82, 2.24) is 38.8 Å². The second-order valence-corrected chi connectivity index (χ2v) is 45.0. The third-order valence-corrected chi connectivity index (χ3v) is 33.3. The third-order valence-electron chi connectivity index (χ3n) is 27.8. The first-order valence-corrected chi connectivity index (χ1v) is 56.4. The Bertz CT molecular complexity index is 6660. The van der Waals surface area contributed by atoms with Crippen molar-refractivity contribution in [3.05, 3.63) is 297 Å². The zero-order valence-electron chi connectivity index (χ0n) is 84.7. The molecule has 0 bridgehead atoms. The number of carbonyl (C=O) groups is 3. The highest BCUT2D eigenvalue weighted by Gasteiger charge is 2.33. The third kappa shape index (κ3) is 29.5. The smallest absolute Gasteiger partial charge is 0.293 e. The Kier molecular flexibility index (Phi) is 38.7. The van der Waals surface area contributed by atoms with Gasteiger partial charge in [0.25, 0.3) is 37.5 Å². The van der Waals surface area contributed by atoms with Gasteiger partial charge in [0, 0.05) is 241 Å². The van der Waals surface area contributed by atoms with Crippen LogP contribution in [0.4, 0.5) is 45.5 Å². The van der Waals surface area contributed by atoms with Crippen molar-refractivity contribution in [3.63, 3.8) is 0 Å². The molecule has 4 fully saturated rings. The molecule has 34 heteroatoms. The second-order valence-electron chi connectivity index (χ2n) is 38.6. The molecule has 4 aliphatic rings. The molecule has 0 saturated carbocycles. The number of aryl methyl sites for hydroxylation is 2. The van der Waals surface area contributed by atoms with Crippen molar-refractivity contribution < 1.29 is 51.5 Å². The number of aliphatic hydroxyl groups excluding tert-OH is 3. The highest BCUT2D eigenvalue weighted by molar-refractivity contribution is 7.99. The van der Waals surface area contributed by atoms with Crippen LogP contribution in [0.1, 0.15) is 108 Å². The molecule has 0 aliphatic carbocycles. The van der Waals surface area contributed by atoms with Crippen LogP contribution in [0.3, 0.4) is 0 Å². The van der Waals surface area contributed by atoms with Crippen LogP contribution in [0.2, 0.25) is 10.0 Å². The number of piperidine rings is 1. The van der Waals surface area contributed by atoms with Crippen LogP contribution < -0.4 is 45.0 Å². The number of nitro groups is 1. The molecule has 28 nitrogen and oxygen atoms in total. The molecule has 12 aromatic rings. The number of hydrogen-bond acceptors (Lipinski definition) is 24. The van der Waals surface area contributed by atoms with Crippen molar-refractivity contribution >= 4 is 130 Å². The summed E-state index contributed by atoms with van der Waals surface area (Å²) in [6.07, 6.45) is 7.13. The van der Waals surface area contributed by atoms with E-state index >= 15 is 0 Å². The highest BCUT2D eigenvalue weighted by Crippen LogP contribution is 2.44. The summed E-state index contributed by atoms with van der Waals surface area (Å²) < 4.78 is 63.8. The number of anilines is 7. The van der Waals surface area contributed by atoms with E-state index in [1.54, 1.807) is 55.1 Å². The Balaban J connectivity index is 0.000000223. The predicted molar refractivity (Wildman–Crippen MR) is 599 cm³/mol. The minimum atomic E-state index is -4.51. The van der Waals surface area contributed by atoms with E-state index in [2.05, 4.69) is 146 Å². The SMILES string of the molecule is CCCCn1c(C)c(C(C)=O)c(-c2cccc(N3CCN(c4ccc(NS(=O)(=O)c5ccc(N[C@H](CCN6CCC(O)CC6)CSc6ccccc6)c(C)c5)cc4)CC3)c2)c1-c1ccc(Cl)cc1.CN(C)CC[C@@H](CSc1ccccc1)Nc1ccc(S(=O)(=O)NC(=O)c2ccc(N3CCN(c4cccc(-c5c(-c6ccc(Cl)cc6)cn(CC[C@H](O)CO)c5C(=O)NCCCN5CCN(C)CC5)c4)CC3)cc2)cc1[N+](=O)[O-]. The molecule has 8 N–H and O–H groups in total. The summed E-state index contributed by atoms with van der Waals surface area (Å²) in [6, 6.07) is 75.6. The molecule has 0 unspecified atom stereocenters. The molecule has 147 heavy (non-hydrogen) atoms. The number of rotatable bonds is 44. The normalized spacial score (nSPS) is 15.3. The second kappa shape index (κ2) is 51.9. The number of thioether (sulfide) groups is 2. The number of hydrogen-bond donors (Lipinski definition) is 8. The monoisotopic (exact) mass is 2110 g/mol. The van der Waals surface area contributed by atoms with Gasteiger partial charge < -0.3 is 79.6 Å². The van der Waals surface area contributed by atoms with Crippen LogP contribution in [0, 0.1) is 24.0 Å². The number of amides is 2. The average molecular weight is 2110 g/mol. The summed E-state index contributed by atoms with van der Waals surface area (Å²) in [6.45, 7) is 23.2. The van der Waals surface area contributed by atoms with E-state index in [1.807, 2.05) is 176 Å². The van der Waals surface area contributed by atoms with Crippen LogP contribution >= 0.6 is 46.7 Å². The van der Waals surface area contributed by atoms with Crippen molar-refractivity contribution in [2.24, 2.45) is 0 Å². The van der Waals surface area contributed by atoms with E-state index in [0.29, 0.717) is 72.9 Å². The zero-order valence-corrected chi connectivity index (χ0v) is 89.5. The van der Waals surface area contributed by atoms with Gasteiger partial charge in [-0.2, -0.15) is 0 Å². The number of aliphatic hydroxyl groups is 3. The first kappa shape index (κ1) is 109. The molecule has 3 atom stereocenters. The number of carbonyl (C=O) groups excluding carboxylic acids is 3. The minimum absolute atomic E-state index is 0.0547. The van der Waals surface area contributed by atoms with Gasteiger partial charge in [0.1, 0.15) is 11.4 Å². The summed E-state index contributed by atoms with van der Waals surface area (Å²) in [4.78, 5) is 73.5. The Morgan fingerprint density at radius 3 is 1.61 bits per heavy atom. The minimum Gasteiger partial charge on any atom is -0.394 e. The molecule has 6 heterocycles. The van der Waals surface area contributed by atoms with Gasteiger partial charge in [-0.3, -0.25) is 29.2 Å². The molecular formula is C113H136Cl2N16O12S4. The molecular weight excluding hydrogens is 1970 g/mol. The number of benzene rings is 10. The number of Topliss-reactive ketones (excluding diaryl/α,β-unsaturated/α-hetero) is 1. The van der Waals surface area contributed by atoms with Gasteiger partial charge in [0.15, 0.2) is 5.78 Å². The number of nitro benzene ring substituents is 1. The van der Waals surface area contributed by atoms with Crippen LogP contribution in [-0.2, 0) is 33.1 Å². The van der Waals surface area contributed by atoms with Gasteiger partial charge >= 0.3 is 0 Å². The molecule has 4 saturated heterocycles. The molecule has 10 aromatic carbocycles. The number of likely N-dealkylation sites (N-methyl/N-ethyl adjacent to an activating group) is 1. The number of halogens is 2. The number of sulfonamides is 2. The van der Waals surface area contributed by atoms with Crippen molar-refractivity contribution in [2.45, 2.75) is 136 Å². The number of nitrogens with zero attached hydrogens (tertiary/aromatic N) is 11. The van der Waals surface area contributed by atoms with E-state index in [1.165, 1.54) is 17.0 Å². The van der Waals surface area contributed by atoms with E-state index in [0.717, 1.165) is 237 Å². The number of likely N-dealkylation sites (tertiary alicyclic amines) is 1.